The minimum absolute atomic E-state index is 0.0903. The van der Waals surface area contributed by atoms with E-state index in [2.05, 4.69) is 20.3 Å². The van der Waals surface area contributed by atoms with E-state index in [1.54, 1.807) is 24.4 Å². The fraction of sp³-hybridized carbons (Fsp3) is 0.174. The van der Waals surface area contributed by atoms with Crippen molar-refractivity contribution >= 4 is 17.6 Å². The van der Waals surface area contributed by atoms with Crippen LogP contribution in [0.1, 0.15) is 46.4 Å². The minimum Gasteiger partial charge on any atom is -0.465 e. The van der Waals surface area contributed by atoms with Gasteiger partial charge in [-0.1, -0.05) is 12.1 Å². The van der Waals surface area contributed by atoms with Crippen LogP contribution in [0.2, 0.25) is 0 Å². The van der Waals surface area contributed by atoms with E-state index in [1.807, 2.05) is 19.1 Å². The first-order valence-electron chi connectivity index (χ1n) is 9.89. The third kappa shape index (κ3) is 4.21. The van der Waals surface area contributed by atoms with Gasteiger partial charge in [0.1, 0.15) is 17.4 Å². The molecule has 0 aliphatic rings. The van der Waals surface area contributed by atoms with E-state index >= 15 is 0 Å². The SMILES string of the molecule is COC(=O)c1cccc(C(C)Nc2ncc(C#N)c(-c3cnc4c(C(F)F)cccn34)n2)c1. The lowest BCUT2D eigenvalue weighted by atomic mass is 10.1. The van der Waals surface area contributed by atoms with E-state index < -0.39 is 12.4 Å². The van der Waals surface area contributed by atoms with Crippen molar-refractivity contribution in [2.45, 2.75) is 19.4 Å². The first kappa shape index (κ1) is 21.8. The molecule has 1 N–H and O–H groups in total. The van der Waals surface area contributed by atoms with Crippen molar-refractivity contribution in [3.8, 4) is 17.5 Å². The van der Waals surface area contributed by atoms with Gasteiger partial charge >= 0.3 is 5.97 Å². The van der Waals surface area contributed by atoms with Crippen molar-refractivity contribution in [3.63, 3.8) is 0 Å². The van der Waals surface area contributed by atoms with E-state index in [4.69, 9.17) is 4.74 Å². The molecule has 3 aromatic heterocycles. The van der Waals surface area contributed by atoms with Gasteiger partial charge in [0.15, 0.2) is 0 Å². The maximum atomic E-state index is 13.4. The molecular weight excluding hydrogens is 430 g/mol. The Bertz CT molecular complexity index is 1380. The molecule has 0 aliphatic carbocycles. The van der Waals surface area contributed by atoms with Crippen molar-refractivity contribution in [2.24, 2.45) is 0 Å². The van der Waals surface area contributed by atoms with Gasteiger partial charge in [-0.2, -0.15) is 5.26 Å². The van der Waals surface area contributed by atoms with Crippen LogP contribution in [0.15, 0.2) is 55.0 Å². The van der Waals surface area contributed by atoms with Crippen LogP contribution in [-0.4, -0.2) is 32.4 Å². The number of carbonyl (C=O) groups excluding carboxylic acids is 1. The molecule has 1 unspecified atom stereocenters. The number of alkyl halides is 2. The molecule has 0 amide bonds. The fourth-order valence-electron chi connectivity index (χ4n) is 3.44. The number of esters is 1. The number of benzene rings is 1. The molecule has 166 valence electrons. The summed E-state index contributed by atoms with van der Waals surface area (Å²) in [7, 11) is 1.31. The Morgan fingerprint density at radius 1 is 1.21 bits per heavy atom. The lowest BCUT2D eigenvalue weighted by molar-refractivity contribution is 0.0600. The second kappa shape index (κ2) is 9.00. The Kier molecular flexibility index (Phi) is 5.95. The average Bonchev–Trinajstić information content (AvgIpc) is 3.27. The number of methoxy groups -OCH3 is 1. The molecule has 0 saturated carbocycles. The summed E-state index contributed by atoms with van der Waals surface area (Å²) in [4.78, 5) is 24.6. The summed E-state index contributed by atoms with van der Waals surface area (Å²) in [6, 6.07) is 11.5. The number of pyridine rings is 1. The van der Waals surface area contributed by atoms with Gasteiger partial charge in [0.2, 0.25) is 5.95 Å². The zero-order valence-corrected chi connectivity index (χ0v) is 17.7. The van der Waals surface area contributed by atoms with E-state index in [9.17, 15) is 18.8 Å². The van der Waals surface area contributed by atoms with Crippen molar-refractivity contribution < 1.29 is 18.3 Å². The molecule has 10 heteroatoms. The van der Waals surface area contributed by atoms with Gasteiger partial charge < -0.3 is 10.1 Å². The number of anilines is 1. The summed E-state index contributed by atoms with van der Waals surface area (Å²) in [5.74, 6) is -0.225. The topological polar surface area (TPSA) is 105 Å². The number of halogens is 2. The molecule has 0 bridgehead atoms. The maximum absolute atomic E-state index is 13.4. The molecule has 0 spiro atoms. The summed E-state index contributed by atoms with van der Waals surface area (Å²) in [5.41, 5.74) is 1.89. The highest BCUT2D eigenvalue weighted by atomic mass is 19.3. The Morgan fingerprint density at radius 2 is 2.03 bits per heavy atom. The highest BCUT2D eigenvalue weighted by Crippen LogP contribution is 2.29. The number of aromatic nitrogens is 4. The van der Waals surface area contributed by atoms with Gasteiger partial charge in [0.05, 0.1) is 47.9 Å². The number of nitrogens with zero attached hydrogens (tertiary/aromatic N) is 5. The first-order chi connectivity index (χ1) is 15.9. The second-order valence-corrected chi connectivity index (χ2v) is 7.15. The van der Waals surface area contributed by atoms with Crippen molar-refractivity contribution in [1.82, 2.24) is 19.4 Å². The quantitative estimate of drug-likeness (QED) is 0.431. The van der Waals surface area contributed by atoms with Crippen molar-refractivity contribution in [3.05, 3.63) is 77.2 Å². The van der Waals surface area contributed by atoms with Gasteiger partial charge in [0, 0.05) is 6.20 Å². The summed E-state index contributed by atoms with van der Waals surface area (Å²) < 4.78 is 32.9. The molecule has 4 rings (SSSR count). The predicted octanol–water partition coefficient (Wildman–Crippen LogP) is 4.56. The Labute approximate surface area is 187 Å². The smallest absolute Gasteiger partial charge is 0.337 e. The van der Waals surface area contributed by atoms with Crippen LogP contribution in [0.25, 0.3) is 17.0 Å². The van der Waals surface area contributed by atoms with E-state index in [0.717, 1.165) is 5.56 Å². The molecule has 3 heterocycles. The van der Waals surface area contributed by atoms with Gasteiger partial charge in [0.25, 0.3) is 6.43 Å². The number of nitriles is 1. The van der Waals surface area contributed by atoms with Crippen LogP contribution in [0.3, 0.4) is 0 Å². The summed E-state index contributed by atoms with van der Waals surface area (Å²) >= 11 is 0. The Balaban J connectivity index is 1.70. The standard InChI is InChI=1S/C23H18F2N6O2/c1-13(14-5-3-6-15(9-14)22(32)33-2)29-23-28-11-16(10-26)19(30-23)18-12-27-21-17(20(24)25)7-4-8-31(18)21/h3-9,11-13,20H,1-2H3,(H,28,29,30). The van der Waals surface area contributed by atoms with Crippen LogP contribution in [-0.2, 0) is 4.74 Å². The molecule has 0 radical (unpaired) electrons. The molecule has 1 atom stereocenters. The molecular formula is C23H18F2N6O2. The number of rotatable bonds is 6. The summed E-state index contributed by atoms with van der Waals surface area (Å²) in [5, 5.41) is 12.7. The van der Waals surface area contributed by atoms with Crippen LogP contribution < -0.4 is 5.32 Å². The number of nitrogens with one attached hydrogen (secondary N) is 1. The maximum Gasteiger partial charge on any atom is 0.337 e. The number of imidazole rings is 1. The van der Waals surface area contributed by atoms with Gasteiger partial charge in [-0.25, -0.2) is 28.5 Å². The van der Waals surface area contributed by atoms with Gasteiger partial charge in [-0.05, 0) is 36.8 Å². The van der Waals surface area contributed by atoms with Gasteiger partial charge in [-0.3, -0.25) is 4.40 Å². The average molecular weight is 448 g/mol. The van der Waals surface area contributed by atoms with E-state index in [-0.39, 0.29) is 34.5 Å². The third-order valence-electron chi connectivity index (χ3n) is 5.11. The fourth-order valence-corrected chi connectivity index (χ4v) is 3.44. The molecule has 0 aliphatic heterocycles. The zero-order chi connectivity index (χ0) is 23.5. The highest BCUT2D eigenvalue weighted by Gasteiger charge is 2.19. The molecule has 1 aromatic carbocycles. The first-order valence-corrected chi connectivity index (χ1v) is 9.89. The lowest BCUT2D eigenvalue weighted by Crippen LogP contribution is -2.11. The summed E-state index contributed by atoms with van der Waals surface area (Å²) in [6.07, 6.45) is 1.65. The van der Waals surface area contributed by atoms with Crippen LogP contribution in [0.4, 0.5) is 14.7 Å². The molecule has 0 fully saturated rings. The normalized spacial score (nSPS) is 11.9. The van der Waals surface area contributed by atoms with Crippen LogP contribution >= 0.6 is 0 Å². The third-order valence-corrected chi connectivity index (χ3v) is 5.11. The van der Waals surface area contributed by atoms with E-state index in [1.165, 1.54) is 36.0 Å². The monoisotopic (exact) mass is 448 g/mol. The largest absolute Gasteiger partial charge is 0.465 e. The van der Waals surface area contributed by atoms with Crippen LogP contribution in [0.5, 0.6) is 0 Å². The van der Waals surface area contributed by atoms with Crippen molar-refractivity contribution in [2.75, 3.05) is 12.4 Å². The Hall–Kier alpha value is -4.39. The molecule has 4 aromatic rings. The zero-order valence-electron chi connectivity index (χ0n) is 17.7. The number of carbonyl (C=O) groups is 1. The molecule has 33 heavy (non-hydrogen) atoms. The number of hydrogen-bond acceptors (Lipinski definition) is 7. The summed E-state index contributed by atoms with van der Waals surface area (Å²) in [6.45, 7) is 1.86. The predicted molar refractivity (Wildman–Crippen MR) is 116 cm³/mol. The number of hydrogen-bond donors (Lipinski definition) is 1. The lowest BCUT2D eigenvalue weighted by Gasteiger charge is -2.16. The van der Waals surface area contributed by atoms with Crippen molar-refractivity contribution in [1.29, 1.82) is 5.26 Å². The molecule has 8 nitrogen and oxygen atoms in total. The molecule has 0 saturated heterocycles. The van der Waals surface area contributed by atoms with Crippen LogP contribution in [0, 0.1) is 11.3 Å². The van der Waals surface area contributed by atoms with E-state index in [0.29, 0.717) is 11.3 Å². The second-order valence-electron chi connectivity index (χ2n) is 7.15. The van der Waals surface area contributed by atoms with Gasteiger partial charge in [-0.15, -0.1) is 0 Å². The Morgan fingerprint density at radius 3 is 2.76 bits per heavy atom. The minimum atomic E-state index is -2.69. The number of fused-ring (bicyclic) bond motifs is 1. The highest BCUT2D eigenvalue weighted by molar-refractivity contribution is 5.89. The number of ether oxygens (including phenoxy) is 1.